The first-order chi connectivity index (χ1) is 19.9. The van der Waals surface area contributed by atoms with E-state index in [1.54, 1.807) is 55.6 Å². The average molecular weight is 552 g/mol. The zero-order valence-corrected chi connectivity index (χ0v) is 22.6. The van der Waals surface area contributed by atoms with Crippen LogP contribution in [0.2, 0.25) is 0 Å². The summed E-state index contributed by atoms with van der Waals surface area (Å²) in [6.45, 7) is 1.31. The molecule has 2 N–H and O–H groups in total. The number of aliphatic carboxylic acids is 1. The number of carboxylic acids is 1. The highest BCUT2D eigenvalue weighted by atomic mass is 16.6. The Hall–Kier alpha value is -5.44. The van der Waals surface area contributed by atoms with Gasteiger partial charge in [0.25, 0.3) is 11.8 Å². The molecule has 4 rings (SSSR count). The number of amides is 2. The SMILES string of the molecule is Cc1cccc(-c2ccccc2)c1C(=O)Nc1ccccc1C(=O)N(C)c1ccccc1OCC=NOCC(=O)O. The van der Waals surface area contributed by atoms with E-state index in [0.717, 1.165) is 16.7 Å². The summed E-state index contributed by atoms with van der Waals surface area (Å²) >= 11 is 0. The fraction of sp³-hybridized carbons (Fsp3) is 0.125. The molecule has 4 aromatic rings. The number of carbonyl (C=O) groups excluding carboxylic acids is 2. The van der Waals surface area contributed by atoms with E-state index >= 15 is 0 Å². The molecule has 9 nitrogen and oxygen atoms in total. The average Bonchev–Trinajstić information content (AvgIpc) is 2.98. The molecule has 0 bridgehead atoms. The van der Waals surface area contributed by atoms with E-state index in [2.05, 4.69) is 15.3 Å². The summed E-state index contributed by atoms with van der Waals surface area (Å²) in [7, 11) is 1.61. The lowest BCUT2D eigenvalue weighted by molar-refractivity contribution is -0.142. The summed E-state index contributed by atoms with van der Waals surface area (Å²) in [6.07, 6.45) is 1.28. The lowest BCUT2D eigenvalue weighted by atomic mass is 9.95. The molecule has 0 heterocycles. The van der Waals surface area contributed by atoms with E-state index in [1.807, 2.05) is 55.5 Å². The molecule has 0 aromatic heterocycles. The van der Waals surface area contributed by atoms with Crippen molar-refractivity contribution in [2.24, 2.45) is 5.16 Å². The second-order valence-corrected chi connectivity index (χ2v) is 8.96. The number of nitrogens with zero attached hydrogens (tertiary/aromatic N) is 2. The van der Waals surface area contributed by atoms with Crippen molar-refractivity contribution in [3.8, 4) is 16.9 Å². The number of para-hydroxylation sites is 3. The van der Waals surface area contributed by atoms with Gasteiger partial charge in [-0.3, -0.25) is 9.59 Å². The van der Waals surface area contributed by atoms with Crippen LogP contribution in [0.1, 0.15) is 26.3 Å². The van der Waals surface area contributed by atoms with Gasteiger partial charge in [0.1, 0.15) is 12.4 Å². The molecule has 0 aliphatic rings. The Morgan fingerprint density at radius 1 is 0.902 bits per heavy atom. The fourth-order valence-corrected chi connectivity index (χ4v) is 4.24. The number of oxime groups is 1. The number of hydrogen-bond donors (Lipinski definition) is 2. The number of nitrogens with one attached hydrogen (secondary N) is 1. The number of ether oxygens (including phenoxy) is 1. The molecule has 0 unspecified atom stereocenters. The fourth-order valence-electron chi connectivity index (χ4n) is 4.24. The van der Waals surface area contributed by atoms with E-state index in [-0.39, 0.29) is 18.4 Å². The van der Waals surface area contributed by atoms with Gasteiger partial charge >= 0.3 is 5.97 Å². The minimum atomic E-state index is -1.14. The van der Waals surface area contributed by atoms with Gasteiger partial charge in [0.05, 0.1) is 28.7 Å². The van der Waals surface area contributed by atoms with Crippen LogP contribution in [0.4, 0.5) is 11.4 Å². The summed E-state index contributed by atoms with van der Waals surface area (Å²) < 4.78 is 5.73. The number of carboxylic acid groups (broad SMARTS) is 1. The molecule has 4 aromatic carbocycles. The van der Waals surface area contributed by atoms with Crippen molar-refractivity contribution in [3.63, 3.8) is 0 Å². The van der Waals surface area contributed by atoms with Crippen molar-refractivity contribution >= 4 is 35.4 Å². The van der Waals surface area contributed by atoms with Crippen LogP contribution in [0, 0.1) is 6.92 Å². The molecule has 0 radical (unpaired) electrons. The van der Waals surface area contributed by atoms with Crippen LogP contribution in [0.5, 0.6) is 5.75 Å². The maximum Gasteiger partial charge on any atom is 0.344 e. The number of carbonyl (C=O) groups is 3. The molecule has 0 aliphatic heterocycles. The smallest absolute Gasteiger partial charge is 0.344 e. The van der Waals surface area contributed by atoms with E-state index in [4.69, 9.17) is 9.84 Å². The molecule has 2 amide bonds. The minimum absolute atomic E-state index is 0.00845. The standard InChI is InChI=1S/C32H29N3O6/c1-22-11-10-15-24(23-12-4-3-5-13-23)30(22)31(38)34-26-16-7-6-14-25(26)32(39)35(2)27-17-8-9-18-28(27)40-20-19-33-41-21-29(36)37/h3-19H,20-21H2,1-2H3,(H,34,38)(H,36,37). The predicted octanol–water partition coefficient (Wildman–Crippen LogP) is 5.66. The molecule has 0 saturated carbocycles. The summed E-state index contributed by atoms with van der Waals surface area (Å²) in [6, 6.07) is 29.1. The summed E-state index contributed by atoms with van der Waals surface area (Å²) in [4.78, 5) is 43.9. The van der Waals surface area contributed by atoms with Crippen molar-refractivity contribution in [1.29, 1.82) is 0 Å². The minimum Gasteiger partial charge on any atom is -0.486 e. The van der Waals surface area contributed by atoms with Gasteiger partial charge in [-0.05, 0) is 47.9 Å². The quantitative estimate of drug-likeness (QED) is 0.184. The second-order valence-electron chi connectivity index (χ2n) is 8.96. The highest BCUT2D eigenvalue weighted by molar-refractivity contribution is 6.15. The number of rotatable bonds is 11. The van der Waals surface area contributed by atoms with Gasteiger partial charge < -0.3 is 24.9 Å². The van der Waals surface area contributed by atoms with Crippen LogP contribution < -0.4 is 15.0 Å². The molecule has 0 aliphatic carbocycles. The molecule has 41 heavy (non-hydrogen) atoms. The second kappa shape index (κ2) is 13.6. The largest absolute Gasteiger partial charge is 0.486 e. The number of benzene rings is 4. The van der Waals surface area contributed by atoms with Crippen LogP contribution >= 0.6 is 0 Å². The zero-order valence-electron chi connectivity index (χ0n) is 22.6. The van der Waals surface area contributed by atoms with Crippen molar-refractivity contribution < 1.29 is 29.1 Å². The Balaban J connectivity index is 1.55. The topological polar surface area (TPSA) is 118 Å². The Bertz CT molecular complexity index is 1570. The van der Waals surface area contributed by atoms with Gasteiger partial charge in [-0.1, -0.05) is 78.0 Å². The number of anilines is 2. The van der Waals surface area contributed by atoms with Gasteiger partial charge in [-0.15, -0.1) is 0 Å². The first kappa shape index (κ1) is 28.6. The summed E-state index contributed by atoms with van der Waals surface area (Å²) in [5.41, 5.74) is 4.22. The van der Waals surface area contributed by atoms with E-state index in [1.165, 1.54) is 11.1 Å². The molecule has 0 saturated heterocycles. The van der Waals surface area contributed by atoms with Crippen molar-refractivity contribution in [2.45, 2.75) is 6.92 Å². The normalized spacial score (nSPS) is 10.7. The molecule has 0 fully saturated rings. The number of hydrogen-bond acceptors (Lipinski definition) is 6. The highest BCUT2D eigenvalue weighted by Gasteiger charge is 2.22. The van der Waals surface area contributed by atoms with Crippen molar-refractivity contribution in [1.82, 2.24) is 0 Å². The van der Waals surface area contributed by atoms with Gasteiger partial charge in [0, 0.05) is 7.05 Å². The Morgan fingerprint density at radius 3 is 2.39 bits per heavy atom. The van der Waals surface area contributed by atoms with Crippen LogP contribution in [0.15, 0.2) is 102 Å². The zero-order chi connectivity index (χ0) is 29.2. The highest BCUT2D eigenvalue weighted by Crippen LogP contribution is 2.31. The maximum absolute atomic E-state index is 13.7. The first-order valence-electron chi connectivity index (χ1n) is 12.8. The van der Waals surface area contributed by atoms with Crippen molar-refractivity contribution in [3.05, 3.63) is 114 Å². The summed E-state index contributed by atoms with van der Waals surface area (Å²) in [5, 5.41) is 15.1. The van der Waals surface area contributed by atoms with E-state index < -0.39 is 12.6 Å². The molecular formula is C32H29N3O6. The van der Waals surface area contributed by atoms with Gasteiger partial charge in [-0.25, -0.2) is 4.79 Å². The Labute approximate surface area is 237 Å². The third kappa shape index (κ3) is 7.15. The van der Waals surface area contributed by atoms with Gasteiger partial charge in [0.2, 0.25) is 6.61 Å². The lowest BCUT2D eigenvalue weighted by Gasteiger charge is -2.22. The maximum atomic E-state index is 13.7. The molecule has 9 heteroatoms. The predicted molar refractivity (Wildman–Crippen MR) is 158 cm³/mol. The van der Waals surface area contributed by atoms with E-state index in [9.17, 15) is 14.4 Å². The number of aryl methyl sites for hydroxylation is 1. The molecule has 0 atom stereocenters. The first-order valence-corrected chi connectivity index (χ1v) is 12.8. The molecule has 208 valence electrons. The van der Waals surface area contributed by atoms with E-state index in [0.29, 0.717) is 28.3 Å². The van der Waals surface area contributed by atoms with Crippen LogP contribution in [0.25, 0.3) is 11.1 Å². The van der Waals surface area contributed by atoms with Crippen LogP contribution in [-0.4, -0.2) is 49.4 Å². The van der Waals surface area contributed by atoms with Crippen molar-refractivity contribution in [2.75, 3.05) is 30.5 Å². The molecule has 0 spiro atoms. The summed E-state index contributed by atoms with van der Waals surface area (Å²) in [5.74, 6) is -1.41. The molecular weight excluding hydrogens is 522 g/mol. The van der Waals surface area contributed by atoms with Crippen LogP contribution in [-0.2, 0) is 9.63 Å². The van der Waals surface area contributed by atoms with Gasteiger partial charge in [-0.2, -0.15) is 0 Å². The Kier molecular flexibility index (Phi) is 9.45. The Morgan fingerprint density at radius 2 is 1.61 bits per heavy atom. The van der Waals surface area contributed by atoms with Gasteiger partial charge in [0.15, 0.2) is 0 Å². The van der Waals surface area contributed by atoms with Crippen LogP contribution in [0.3, 0.4) is 0 Å². The monoisotopic (exact) mass is 551 g/mol. The lowest BCUT2D eigenvalue weighted by Crippen LogP contribution is -2.28. The third-order valence-corrected chi connectivity index (χ3v) is 6.17. The third-order valence-electron chi connectivity index (χ3n) is 6.17.